The molecular formula is C61H106N18O15. The maximum Gasteiger partial charge on any atom is 0.323 e. The van der Waals surface area contributed by atoms with Crippen LogP contribution in [-0.2, 0) is 73.5 Å². The number of aliphatic hydroxyl groups is 1. The molecule has 1 aliphatic rings. The third kappa shape index (κ3) is 30.0. The van der Waals surface area contributed by atoms with Gasteiger partial charge >= 0.3 is 5.97 Å². The standard InChI is InChI=1S/C61H106N18O15/c1-7-34(4)13-11-12-16-48(82)70-39(19-25-62)55(87)79-50(36(6)94-61(93)38(67)17-18-47(68)81)60(92)75-42(22-28-65)52(84)74-44-24-30-69-59(91)49(35(5)80)78-56(88)43(23-29-66)72-51(83)40(20-26-63)73-57(89)45(31-33(2)3)76-58(90)46(32-37-14-9-8-10-15-37)77-53(85)41(21-27-64)71-54(44)86/h8-10,14-15,33-36,38-46,49-50,80H,7,11-13,16-32,62-67H2,1-6H3,(H2,68,81)(H,69,91)(H,70,82)(H,71,86)(H,72,83)(H,73,89)(H,74,84)(H,75,92)(H,76,90)(H,77,85)(H,78,88)(H,79,87)/t34-,35+,36-,38-,39-,40-,41-,42-,43-,44-,45-,46+,49-,50-/m0/s1. The minimum Gasteiger partial charge on any atom is -0.459 e. The second kappa shape index (κ2) is 43.9. The van der Waals surface area contributed by atoms with Crippen LogP contribution in [0.15, 0.2) is 30.3 Å². The van der Waals surface area contributed by atoms with Crippen molar-refractivity contribution < 1.29 is 72.2 Å². The average molecular weight is 1330 g/mol. The highest BCUT2D eigenvalue weighted by Gasteiger charge is 2.39. The van der Waals surface area contributed by atoms with Gasteiger partial charge in [-0.05, 0) is 122 Å². The summed E-state index contributed by atoms with van der Waals surface area (Å²) >= 11 is 0. The van der Waals surface area contributed by atoms with E-state index >= 15 is 0 Å². The first-order chi connectivity index (χ1) is 44.5. The first-order valence-corrected chi connectivity index (χ1v) is 32.3. The Kier molecular flexibility index (Phi) is 38.3. The van der Waals surface area contributed by atoms with Gasteiger partial charge in [0.25, 0.3) is 0 Å². The molecule has 33 heteroatoms. The number of hydrogen-bond acceptors (Lipinski definition) is 21. The third-order valence-electron chi connectivity index (χ3n) is 15.5. The summed E-state index contributed by atoms with van der Waals surface area (Å²) in [6, 6.07) is -8.44. The zero-order valence-electron chi connectivity index (χ0n) is 55.1. The maximum atomic E-state index is 14.7. The van der Waals surface area contributed by atoms with E-state index in [4.69, 9.17) is 44.9 Å². The van der Waals surface area contributed by atoms with Crippen molar-refractivity contribution in [3.63, 3.8) is 0 Å². The summed E-state index contributed by atoms with van der Waals surface area (Å²) in [6.45, 7) is 8.64. The molecule has 1 fully saturated rings. The van der Waals surface area contributed by atoms with E-state index < -0.39 is 168 Å². The number of nitrogens with two attached hydrogens (primary N) is 7. The zero-order chi connectivity index (χ0) is 70.6. The Morgan fingerprint density at radius 1 is 0.585 bits per heavy atom. The second-order valence-corrected chi connectivity index (χ2v) is 24.1. The minimum absolute atomic E-state index is 0.0214. The molecule has 0 unspecified atom stereocenters. The zero-order valence-corrected chi connectivity index (χ0v) is 55.1. The highest BCUT2D eigenvalue weighted by Crippen LogP contribution is 2.15. The number of ether oxygens (including phenoxy) is 1. The maximum absolute atomic E-state index is 14.7. The molecule has 33 nitrogen and oxygen atoms in total. The Morgan fingerprint density at radius 2 is 1.10 bits per heavy atom. The van der Waals surface area contributed by atoms with Crippen molar-refractivity contribution in [2.75, 3.05) is 39.3 Å². The average Bonchev–Trinajstić information content (AvgIpc) is 0.962. The largest absolute Gasteiger partial charge is 0.459 e. The van der Waals surface area contributed by atoms with Gasteiger partial charge in [-0.3, -0.25) is 62.3 Å². The van der Waals surface area contributed by atoms with E-state index in [-0.39, 0.29) is 103 Å². The summed E-state index contributed by atoms with van der Waals surface area (Å²) < 4.78 is 5.53. The highest BCUT2D eigenvalue weighted by molar-refractivity contribution is 5.99. The summed E-state index contributed by atoms with van der Waals surface area (Å²) in [5, 5.41) is 39.0. The molecule has 1 aliphatic heterocycles. The molecule has 0 aromatic heterocycles. The number of carbonyl (C=O) groups excluding carboxylic acids is 13. The molecule has 94 heavy (non-hydrogen) atoms. The van der Waals surface area contributed by atoms with Crippen molar-refractivity contribution in [3.8, 4) is 0 Å². The molecule has 26 N–H and O–H groups in total. The molecule has 530 valence electrons. The number of benzene rings is 1. The van der Waals surface area contributed by atoms with Crippen LogP contribution in [0.4, 0.5) is 0 Å². The van der Waals surface area contributed by atoms with Gasteiger partial charge in [-0.25, -0.2) is 0 Å². The van der Waals surface area contributed by atoms with Gasteiger partial charge in [0.2, 0.25) is 70.9 Å². The Hall–Kier alpha value is -7.95. The lowest BCUT2D eigenvalue weighted by atomic mass is 10.00. The number of primary amides is 1. The molecule has 12 amide bonds. The number of nitrogens with one attached hydrogen (secondary N) is 11. The van der Waals surface area contributed by atoms with Crippen LogP contribution in [0, 0.1) is 11.8 Å². The number of hydrogen-bond donors (Lipinski definition) is 19. The van der Waals surface area contributed by atoms with E-state index in [1.54, 1.807) is 44.2 Å². The molecule has 1 aromatic rings. The lowest BCUT2D eigenvalue weighted by molar-refractivity contribution is -0.154. The highest BCUT2D eigenvalue weighted by atomic mass is 16.5. The van der Waals surface area contributed by atoms with Crippen LogP contribution < -0.4 is 98.6 Å². The van der Waals surface area contributed by atoms with Gasteiger partial charge < -0.3 is 108 Å². The fraction of sp³-hybridized carbons (Fsp3) is 0.689. The van der Waals surface area contributed by atoms with Crippen LogP contribution in [0.3, 0.4) is 0 Å². The van der Waals surface area contributed by atoms with Crippen molar-refractivity contribution in [1.82, 2.24) is 58.5 Å². The molecular weight excluding hydrogens is 1220 g/mol. The summed E-state index contributed by atoms with van der Waals surface area (Å²) in [5.41, 5.74) is 41.4. The van der Waals surface area contributed by atoms with Gasteiger partial charge in [0.15, 0.2) is 0 Å². The Bertz CT molecular complexity index is 2640. The van der Waals surface area contributed by atoms with E-state index in [1.807, 2.05) is 0 Å². The third-order valence-corrected chi connectivity index (χ3v) is 15.5. The summed E-state index contributed by atoms with van der Waals surface area (Å²) in [5.74, 6) is -12.0. The fourth-order valence-corrected chi connectivity index (χ4v) is 9.87. The number of esters is 1. The first kappa shape index (κ1) is 82.1. The number of aliphatic hydroxyl groups excluding tert-OH is 1. The number of rotatable bonds is 34. The predicted octanol–water partition coefficient (Wildman–Crippen LogP) is -6.10. The molecule has 2 rings (SSSR count). The fourth-order valence-electron chi connectivity index (χ4n) is 9.87. The Morgan fingerprint density at radius 3 is 1.62 bits per heavy atom. The van der Waals surface area contributed by atoms with Crippen molar-refractivity contribution in [2.45, 2.75) is 217 Å². The summed E-state index contributed by atoms with van der Waals surface area (Å²) in [6.07, 6.45) is -2.33. The van der Waals surface area contributed by atoms with E-state index in [9.17, 15) is 67.4 Å². The van der Waals surface area contributed by atoms with E-state index in [2.05, 4.69) is 72.3 Å². The normalized spacial score (nSPS) is 22.1. The van der Waals surface area contributed by atoms with Crippen LogP contribution >= 0.6 is 0 Å². The number of amides is 12. The molecule has 1 saturated heterocycles. The van der Waals surface area contributed by atoms with Crippen molar-refractivity contribution in [3.05, 3.63) is 35.9 Å². The molecule has 0 spiro atoms. The predicted molar refractivity (Wildman–Crippen MR) is 346 cm³/mol. The quantitative estimate of drug-likeness (QED) is 0.0226. The molecule has 0 bridgehead atoms. The van der Waals surface area contributed by atoms with Crippen molar-refractivity contribution >= 4 is 76.9 Å². The van der Waals surface area contributed by atoms with E-state index in [0.29, 0.717) is 17.9 Å². The van der Waals surface area contributed by atoms with Crippen molar-refractivity contribution in [2.24, 2.45) is 52.0 Å². The molecule has 1 heterocycles. The van der Waals surface area contributed by atoms with Gasteiger partial charge in [0, 0.05) is 25.8 Å². The summed E-state index contributed by atoms with van der Waals surface area (Å²) in [4.78, 5) is 181. The molecule has 0 radical (unpaired) electrons. The van der Waals surface area contributed by atoms with Crippen LogP contribution in [0.2, 0.25) is 0 Å². The molecule has 1 aromatic carbocycles. The lowest BCUT2D eigenvalue weighted by Crippen LogP contribution is -2.62. The van der Waals surface area contributed by atoms with Gasteiger partial charge in [-0.15, -0.1) is 0 Å². The molecule has 0 saturated carbocycles. The Balaban J connectivity index is 2.80. The van der Waals surface area contributed by atoms with Crippen LogP contribution in [-0.4, -0.2) is 200 Å². The van der Waals surface area contributed by atoms with Gasteiger partial charge in [0.1, 0.15) is 72.6 Å². The second-order valence-electron chi connectivity index (χ2n) is 24.1. The molecule has 14 atom stereocenters. The number of unbranched alkanes of at least 4 members (excludes halogenated alkanes) is 1. The van der Waals surface area contributed by atoms with Gasteiger partial charge in [-0.2, -0.15) is 0 Å². The van der Waals surface area contributed by atoms with E-state index in [1.165, 1.54) is 13.8 Å². The topological polar surface area (TPSA) is 566 Å². The smallest absolute Gasteiger partial charge is 0.323 e. The lowest BCUT2D eigenvalue weighted by Gasteiger charge is -2.30. The first-order valence-electron chi connectivity index (χ1n) is 32.3. The number of carbonyl (C=O) groups is 13. The van der Waals surface area contributed by atoms with Gasteiger partial charge in [-0.1, -0.05) is 77.3 Å². The van der Waals surface area contributed by atoms with Gasteiger partial charge in [0.05, 0.1) is 6.10 Å². The van der Waals surface area contributed by atoms with Crippen LogP contribution in [0.5, 0.6) is 0 Å². The Labute approximate surface area is 549 Å². The molecule has 0 aliphatic carbocycles. The van der Waals surface area contributed by atoms with E-state index in [0.717, 1.165) is 19.3 Å². The van der Waals surface area contributed by atoms with Crippen LogP contribution in [0.25, 0.3) is 0 Å². The van der Waals surface area contributed by atoms with Crippen molar-refractivity contribution in [1.29, 1.82) is 0 Å². The monoisotopic (exact) mass is 1330 g/mol. The summed E-state index contributed by atoms with van der Waals surface area (Å²) in [7, 11) is 0. The minimum atomic E-state index is -1.86. The SMILES string of the molecule is CC[C@H](C)CCCCC(=O)N[C@@H](CCN)C(=O)N[C@H](C(=O)N[C@@H](CCN)C(=O)N[C@H]1CCNC(=O)[C@H]([C@@H](C)O)NC(=O)[C@H](CCN)NC(=O)[C@H](CCN)NC(=O)[C@H](CC(C)C)NC(=O)[C@@H](Cc2ccccc2)NC(=O)[C@H](CCN)NC1=O)[C@H](C)OC(=O)[C@@H](N)CCC(N)=O. The van der Waals surface area contributed by atoms with Crippen LogP contribution in [0.1, 0.15) is 137 Å².